The first-order valence-corrected chi connectivity index (χ1v) is 5.20. The Labute approximate surface area is 94.9 Å². The second-order valence-electron chi connectivity index (χ2n) is 3.09. The third-order valence-electron chi connectivity index (χ3n) is 1.90. The van der Waals surface area contributed by atoms with E-state index in [-0.39, 0.29) is 5.82 Å². The molecule has 1 aromatic carbocycles. The van der Waals surface area contributed by atoms with Gasteiger partial charge in [-0.2, -0.15) is 0 Å². The molecule has 0 aliphatic carbocycles. The lowest BCUT2D eigenvalue weighted by atomic mass is 10.3. The smallest absolute Gasteiger partial charge is 0.126 e. The molecule has 78 valence electrons. The number of hydrogen-bond acceptors (Lipinski definition) is 2. The Hall–Kier alpha value is -1.36. The molecule has 0 spiro atoms. The molecular formula is C10H9BrFN3. The quantitative estimate of drug-likeness (QED) is 0.900. The van der Waals surface area contributed by atoms with Gasteiger partial charge in [-0.1, -0.05) is 15.9 Å². The van der Waals surface area contributed by atoms with Crippen molar-refractivity contribution in [3.63, 3.8) is 0 Å². The van der Waals surface area contributed by atoms with Crippen molar-refractivity contribution in [1.82, 2.24) is 9.97 Å². The molecular weight excluding hydrogens is 261 g/mol. The van der Waals surface area contributed by atoms with E-state index >= 15 is 0 Å². The van der Waals surface area contributed by atoms with E-state index in [2.05, 4.69) is 31.2 Å². The van der Waals surface area contributed by atoms with Crippen LogP contribution in [0.4, 0.5) is 10.1 Å². The van der Waals surface area contributed by atoms with Gasteiger partial charge in [-0.05, 0) is 18.2 Å². The van der Waals surface area contributed by atoms with Crippen molar-refractivity contribution in [2.75, 3.05) is 5.32 Å². The molecule has 0 saturated carbocycles. The minimum atomic E-state index is -0.267. The summed E-state index contributed by atoms with van der Waals surface area (Å²) in [6.07, 6.45) is 3.33. The van der Waals surface area contributed by atoms with E-state index in [1.807, 2.05) is 6.07 Å². The van der Waals surface area contributed by atoms with Crippen LogP contribution in [-0.2, 0) is 6.54 Å². The molecule has 2 rings (SSSR count). The first-order chi connectivity index (χ1) is 7.24. The van der Waals surface area contributed by atoms with E-state index in [1.54, 1.807) is 12.5 Å². The zero-order valence-electron chi connectivity index (χ0n) is 7.80. The number of hydrogen-bond donors (Lipinski definition) is 2. The fraction of sp³-hybridized carbons (Fsp3) is 0.100. The van der Waals surface area contributed by atoms with Gasteiger partial charge in [0.2, 0.25) is 0 Å². The molecule has 15 heavy (non-hydrogen) atoms. The highest BCUT2D eigenvalue weighted by atomic mass is 79.9. The van der Waals surface area contributed by atoms with Gasteiger partial charge in [-0.3, -0.25) is 0 Å². The number of anilines is 1. The maximum atomic E-state index is 13.0. The van der Waals surface area contributed by atoms with Gasteiger partial charge in [0.1, 0.15) is 5.82 Å². The van der Waals surface area contributed by atoms with Gasteiger partial charge in [0, 0.05) is 16.4 Å². The molecule has 0 radical (unpaired) electrons. The van der Waals surface area contributed by atoms with Crippen molar-refractivity contribution in [2.45, 2.75) is 6.54 Å². The molecule has 5 heteroatoms. The molecule has 1 aromatic heterocycles. The Morgan fingerprint density at radius 1 is 1.40 bits per heavy atom. The lowest BCUT2D eigenvalue weighted by molar-refractivity contribution is 0.627. The predicted octanol–water partition coefficient (Wildman–Crippen LogP) is 2.92. The largest absolute Gasteiger partial charge is 0.379 e. The first-order valence-electron chi connectivity index (χ1n) is 4.41. The van der Waals surface area contributed by atoms with E-state index in [0.29, 0.717) is 6.54 Å². The van der Waals surface area contributed by atoms with Crippen LogP contribution in [0.15, 0.2) is 35.2 Å². The van der Waals surface area contributed by atoms with Crippen LogP contribution in [0.25, 0.3) is 0 Å². The fourth-order valence-electron chi connectivity index (χ4n) is 1.23. The summed E-state index contributed by atoms with van der Waals surface area (Å²) in [4.78, 5) is 6.85. The van der Waals surface area contributed by atoms with Crippen LogP contribution in [-0.4, -0.2) is 9.97 Å². The predicted molar refractivity (Wildman–Crippen MR) is 60.0 cm³/mol. The molecule has 0 fully saturated rings. The molecule has 1 heterocycles. The number of nitrogens with one attached hydrogen (secondary N) is 2. The van der Waals surface area contributed by atoms with Crippen LogP contribution < -0.4 is 5.32 Å². The zero-order valence-corrected chi connectivity index (χ0v) is 9.38. The second-order valence-corrected chi connectivity index (χ2v) is 4.00. The van der Waals surface area contributed by atoms with Crippen molar-refractivity contribution >= 4 is 21.6 Å². The topological polar surface area (TPSA) is 40.7 Å². The Bertz CT molecular complexity index is 422. The Morgan fingerprint density at radius 2 is 2.27 bits per heavy atom. The highest BCUT2D eigenvalue weighted by molar-refractivity contribution is 9.10. The van der Waals surface area contributed by atoms with E-state index in [9.17, 15) is 4.39 Å². The van der Waals surface area contributed by atoms with Gasteiger partial charge in [-0.15, -0.1) is 0 Å². The number of H-pyrrole nitrogens is 1. The number of benzene rings is 1. The molecule has 2 aromatic rings. The monoisotopic (exact) mass is 269 g/mol. The van der Waals surface area contributed by atoms with Gasteiger partial charge in [0.15, 0.2) is 0 Å². The highest BCUT2D eigenvalue weighted by Crippen LogP contribution is 2.18. The Morgan fingerprint density at radius 3 is 2.93 bits per heavy atom. The number of halogens is 2. The fourth-order valence-corrected chi connectivity index (χ4v) is 1.70. The summed E-state index contributed by atoms with van der Waals surface area (Å²) in [6.45, 7) is 0.593. The SMILES string of the molecule is Fc1cc(Br)cc(NCc2cnc[nH]2)c1. The summed E-state index contributed by atoms with van der Waals surface area (Å²) in [5, 5.41) is 3.09. The van der Waals surface area contributed by atoms with Crippen molar-refractivity contribution in [2.24, 2.45) is 0 Å². The molecule has 0 atom stereocenters. The van der Waals surface area contributed by atoms with Gasteiger partial charge in [0.25, 0.3) is 0 Å². The van der Waals surface area contributed by atoms with Gasteiger partial charge in [0.05, 0.1) is 18.6 Å². The third kappa shape index (κ3) is 2.79. The van der Waals surface area contributed by atoms with Crippen molar-refractivity contribution in [1.29, 1.82) is 0 Å². The molecule has 0 aliphatic rings. The van der Waals surface area contributed by atoms with Crippen molar-refractivity contribution in [3.05, 3.63) is 46.7 Å². The van der Waals surface area contributed by atoms with Crippen LogP contribution in [0.5, 0.6) is 0 Å². The van der Waals surface area contributed by atoms with Gasteiger partial charge < -0.3 is 10.3 Å². The number of aromatic nitrogens is 2. The number of imidazole rings is 1. The molecule has 3 nitrogen and oxygen atoms in total. The van der Waals surface area contributed by atoms with E-state index in [4.69, 9.17) is 0 Å². The van der Waals surface area contributed by atoms with Crippen molar-refractivity contribution < 1.29 is 4.39 Å². The summed E-state index contributed by atoms with van der Waals surface area (Å²) in [5.41, 5.74) is 1.69. The average molecular weight is 270 g/mol. The van der Waals surface area contributed by atoms with E-state index < -0.39 is 0 Å². The Kier molecular flexibility index (Phi) is 3.01. The standard InChI is InChI=1S/C10H9BrFN3/c11-7-1-8(12)3-9(2-7)14-5-10-4-13-6-15-10/h1-4,6,14H,5H2,(H,13,15). The average Bonchev–Trinajstić information content (AvgIpc) is 2.65. The minimum absolute atomic E-state index is 0.267. The van der Waals surface area contributed by atoms with E-state index in [1.165, 1.54) is 12.1 Å². The second kappa shape index (κ2) is 4.44. The number of nitrogens with zero attached hydrogens (tertiary/aromatic N) is 1. The number of rotatable bonds is 3. The maximum absolute atomic E-state index is 13.0. The molecule has 0 unspecified atom stereocenters. The Balaban J connectivity index is 2.05. The lowest BCUT2D eigenvalue weighted by Gasteiger charge is -2.05. The first kappa shape index (κ1) is 10.2. The summed E-state index contributed by atoms with van der Waals surface area (Å²) >= 11 is 3.23. The van der Waals surface area contributed by atoms with Crippen LogP contribution in [0.1, 0.15) is 5.69 Å². The van der Waals surface area contributed by atoms with Crippen molar-refractivity contribution in [3.8, 4) is 0 Å². The molecule has 0 aliphatic heterocycles. The van der Waals surface area contributed by atoms with Gasteiger partial charge in [-0.25, -0.2) is 9.37 Å². The molecule has 0 saturated heterocycles. The molecule has 0 amide bonds. The summed E-state index contributed by atoms with van der Waals surface area (Å²) in [7, 11) is 0. The third-order valence-corrected chi connectivity index (χ3v) is 2.36. The zero-order chi connectivity index (χ0) is 10.7. The maximum Gasteiger partial charge on any atom is 0.126 e. The summed E-state index contributed by atoms with van der Waals surface area (Å²) in [6, 6.07) is 4.68. The molecule has 2 N–H and O–H groups in total. The van der Waals surface area contributed by atoms with Crippen LogP contribution >= 0.6 is 15.9 Å². The lowest BCUT2D eigenvalue weighted by Crippen LogP contribution is -1.99. The summed E-state index contributed by atoms with van der Waals surface area (Å²) in [5.74, 6) is -0.267. The minimum Gasteiger partial charge on any atom is -0.379 e. The number of aromatic amines is 1. The van der Waals surface area contributed by atoms with Crippen LogP contribution in [0.3, 0.4) is 0 Å². The van der Waals surface area contributed by atoms with Gasteiger partial charge >= 0.3 is 0 Å². The molecule has 0 bridgehead atoms. The van der Waals surface area contributed by atoms with Crippen LogP contribution in [0, 0.1) is 5.82 Å². The summed E-state index contributed by atoms with van der Waals surface area (Å²) < 4.78 is 13.7. The highest BCUT2D eigenvalue weighted by Gasteiger charge is 1.99. The van der Waals surface area contributed by atoms with Crippen LogP contribution in [0.2, 0.25) is 0 Å². The normalized spacial score (nSPS) is 10.3. The van der Waals surface area contributed by atoms with E-state index in [0.717, 1.165) is 15.9 Å².